The molecule has 10 heteroatoms. The molecule has 0 aromatic rings. The van der Waals surface area contributed by atoms with Gasteiger partial charge in [-0.3, -0.25) is 13.6 Å². The molecular formula is C10H21O9P. The molecule has 1 saturated heterocycles. The zero-order valence-corrected chi connectivity index (χ0v) is 12.2. The van der Waals surface area contributed by atoms with Gasteiger partial charge in [0.25, 0.3) is 0 Å². The van der Waals surface area contributed by atoms with Gasteiger partial charge in [-0.1, -0.05) is 0 Å². The van der Waals surface area contributed by atoms with Crippen molar-refractivity contribution in [3.05, 3.63) is 0 Å². The van der Waals surface area contributed by atoms with E-state index in [-0.39, 0.29) is 13.2 Å². The third kappa shape index (κ3) is 4.20. The Hall–Kier alpha value is -0.0900. The highest BCUT2D eigenvalue weighted by molar-refractivity contribution is 7.48. The molecule has 1 unspecified atom stereocenters. The van der Waals surface area contributed by atoms with Crippen LogP contribution in [-0.2, 0) is 22.9 Å². The fourth-order valence-electron chi connectivity index (χ4n) is 1.77. The van der Waals surface area contributed by atoms with E-state index >= 15 is 0 Å². The fraction of sp³-hybridized carbons (Fsp3) is 1.00. The summed E-state index contributed by atoms with van der Waals surface area (Å²) >= 11 is 0. The lowest BCUT2D eigenvalue weighted by Crippen LogP contribution is -2.42. The van der Waals surface area contributed by atoms with Gasteiger partial charge in [0.2, 0.25) is 0 Å². The summed E-state index contributed by atoms with van der Waals surface area (Å²) in [6.07, 6.45) is -7.25. The highest BCUT2D eigenvalue weighted by Crippen LogP contribution is 2.52. The zero-order valence-electron chi connectivity index (χ0n) is 11.3. The SMILES string of the molecule is CCOP(=O)(OCC)O[C@H]1[C@@H]([C@H](O)CO)OC(O)[C@@H]1O. The maximum Gasteiger partial charge on any atom is 0.475 e. The minimum Gasteiger partial charge on any atom is -0.394 e. The monoisotopic (exact) mass is 316 g/mol. The van der Waals surface area contributed by atoms with Crippen LogP contribution in [0.25, 0.3) is 0 Å². The number of hydrogen-bond donors (Lipinski definition) is 4. The molecule has 0 bridgehead atoms. The minimum absolute atomic E-state index is 0.0384. The van der Waals surface area contributed by atoms with Crippen LogP contribution in [0, 0.1) is 0 Å². The molecule has 1 rings (SSSR count). The molecule has 0 aromatic carbocycles. The number of ether oxygens (including phenoxy) is 1. The third-order valence-corrected chi connectivity index (χ3v) is 4.29. The third-order valence-electron chi connectivity index (χ3n) is 2.64. The molecule has 20 heavy (non-hydrogen) atoms. The second kappa shape index (κ2) is 7.79. The van der Waals surface area contributed by atoms with Gasteiger partial charge in [0.1, 0.15) is 24.4 Å². The molecule has 0 saturated carbocycles. The number of aliphatic hydroxyl groups is 4. The molecule has 0 radical (unpaired) electrons. The van der Waals surface area contributed by atoms with E-state index in [1.54, 1.807) is 13.8 Å². The Kier molecular flexibility index (Phi) is 6.99. The summed E-state index contributed by atoms with van der Waals surface area (Å²) in [5.74, 6) is 0. The standard InChI is InChI=1S/C10H21O9P/c1-3-16-20(15,17-4-2)19-9-7(13)10(14)18-8(9)6(12)5-11/h6-14H,3-5H2,1-2H3/t6-,7-,8-,9-,10?/m1/s1. The summed E-state index contributed by atoms with van der Waals surface area (Å²) < 4.78 is 32.0. The number of phosphoric acid groups is 1. The van der Waals surface area contributed by atoms with Gasteiger partial charge in [-0.15, -0.1) is 0 Å². The average molecular weight is 316 g/mol. The summed E-state index contributed by atoms with van der Waals surface area (Å²) in [6, 6.07) is 0. The lowest BCUT2D eigenvalue weighted by Gasteiger charge is -2.26. The van der Waals surface area contributed by atoms with Gasteiger partial charge >= 0.3 is 7.82 Å². The van der Waals surface area contributed by atoms with E-state index in [0.29, 0.717) is 0 Å². The first-order valence-electron chi connectivity index (χ1n) is 6.26. The Morgan fingerprint density at radius 1 is 1.25 bits per heavy atom. The van der Waals surface area contributed by atoms with Crippen LogP contribution >= 0.6 is 7.82 Å². The maximum atomic E-state index is 12.2. The summed E-state index contributed by atoms with van der Waals surface area (Å²) in [4.78, 5) is 0. The van der Waals surface area contributed by atoms with Crippen molar-refractivity contribution in [3.8, 4) is 0 Å². The highest BCUT2D eigenvalue weighted by Gasteiger charge is 2.50. The number of phosphoric ester groups is 1. The van der Waals surface area contributed by atoms with Gasteiger partial charge in [-0.05, 0) is 13.8 Å². The Balaban J connectivity index is 2.86. The molecule has 0 spiro atoms. The van der Waals surface area contributed by atoms with Crippen molar-refractivity contribution >= 4 is 7.82 Å². The largest absolute Gasteiger partial charge is 0.475 e. The van der Waals surface area contributed by atoms with Crippen molar-refractivity contribution in [2.75, 3.05) is 19.8 Å². The van der Waals surface area contributed by atoms with Gasteiger partial charge < -0.3 is 25.2 Å². The lowest BCUT2D eigenvalue weighted by atomic mass is 10.1. The molecule has 120 valence electrons. The van der Waals surface area contributed by atoms with Crippen LogP contribution in [0.3, 0.4) is 0 Å². The molecule has 1 aliphatic rings. The van der Waals surface area contributed by atoms with E-state index < -0.39 is 45.1 Å². The molecule has 0 aliphatic carbocycles. The van der Waals surface area contributed by atoms with Crippen LogP contribution in [0.1, 0.15) is 13.8 Å². The smallest absolute Gasteiger partial charge is 0.394 e. The number of rotatable bonds is 8. The Bertz CT molecular complexity index is 329. The van der Waals surface area contributed by atoms with E-state index in [1.165, 1.54) is 0 Å². The van der Waals surface area contributed by atoms with Gasteiger partial charge in [-0.25, -0.2) is 4.57 Å². The van der Waals surface area contributed by atoms with E-state index in [0.717, 1.165) is 0 Å². The van der Waals surface area contributed by atoms with Crippen LogP contribution in [0.5, 0.6) is 0 Å². The van der Waals surface area contributed by atoms with E-state index in [1.807, 2.05) is 0 Å². The molecule has 0 aromatic heterocycles. The molecule has 0 amide bonds. The van der Waals surface area contributed by atoms with Crippen LogP contribution in [0.15, 0.2) is 0 Å². The average Bonchev–Trinajstić information content (AvgIpc) is 2.66. The fourth-order valence-corrected chi connectivity index (χ4v) is 3.15. The van der Waals surface area contributed by atoms with Crippen molar-refractivity contribution in [3.63, 3.8) is 0 Å². The first kappa shape index (κ1) is 18.0. The van der Waals surface area contributed by atoms with E-state index in [9.17, 15) is 19.9 Å². The van der Waals surface area contributed by atoms with Crippen LogP contribution in [0.2, 0.25) is 0 Å². The molecule has 9 nitrogen and oxygen atoms in total. The predicted octanol–water partition coefficient (Wildman–Crippen LogP) is -1.02. The number of aliphatic hydroxyl groups excluding tert-OH is 4. The summed E-state index contributed by atoms with van der Waals surface area (Å²) in [5.41, 5.74) is 0. The van der Waals surface area contributed by atoms with Gasteiger partial charge in [0.15, 0.2) is 6.29 Å². The molecule has 1 aliphatic heterocycles. The Morgan fingerprint density at radius 3 is 2.25 bits per heavy atom. The summed E-state index contributed by atoms with van der Waals surface area (Å²) in [5, 5.41) is 37.7. The van der Waals surface area contributed by atoms with Crippen LogP contribution in [-0.4, -0.2) is 71.0 Å². The maximum absolute atomic E-state index is 12.2. The normalized spacial score (nSPS) is 32.5. The molecule has 1 fully saturated rings. The van der Waals surface area contributed by atoms with Crippen LogP contribution < -0.4 is 0 Å². The Labute approximate surface area is 116 Å². The molecule has 5 atom stereocenters. The molecular weight excluding hydrogens is 295 g/mol. The van der Waals surface area contributed by atoms with Crippen LogP contribution in [0.4, 0.5) is 0 Å². The molecule has 4 N–H and O–H groups in total. The van der Waals surface area contributed by atoms with E-state index in [2.05, 4.69) is 0 Å². The predicted molar refractivity (Wildman–Crippen MR) is 65.7 cm³/mol. The van der Waals surface area contributed by atoms with Crippen molar-refractivity contribution in [1.29, 1.82) is 0 Å². The topological polar surface area (TPSA) is 135 Å². The lowest BCUT2D eigenvalue weighted by molar-refractivity contribution is -0.150. The first-order valence-corrected chi connectivity index (χ1v) is 7.72. The first-order chi connectivity index (χ1) is 9.38. The van der Waals surface area contributed by atoms with Gasteiger partial charge in [-0.2, -0.15) is 0 Å². The summed E-state index contributed by atoms with van der Waals surface area (Å²) in [7, 11) is -3.96. The summed E-state index contributed by atoms with van der Waals surface area (Å²) in [6.45, 7) is 2.54. The van der Waals surface area contributed by atoms with Crippen molar-refractivity contribution in [2.24, 2.45) is 0 Å². The minimum atomic E-state index is -3.96. The second-order valence-electron chi connectivity index (χ2n) is 4.08. The van der Waals surface area contributed by atoms with Crippen molar-refractivity contribution in [2.45, 2.75) is 44.6 Å². The zero-order chi connectivity index (χ0) is 15.3. The van der Waals surface area contributed by atoms with Crippen molar-refractivity contribution < 1.29 is 43.3 Å². The van der Waals surface area contributed by atoms with Gasteiger partial charge in [0, 0.05) is 0 Å². The molecule has 1 heterocycles. The Morgan fingerprint density at radius 2 is 1.80 bits per heavy atom. The van der Waals surface area contributed by atoms with E-state index in [4.69, 9.17) is 23.4 Å². The quantitative estimate of drug-likeness (QED) is 0.415. The highest BCUT2D eigenvalue weighted by atomic mass is 31.2. The van der Waals surface area contributed by atoms with Gasteiger partial charge in [0.05, 0.1) is 19.8 Å². The second-order valence-corrected chi connectivity index (χ2v) is 5.71. The van der Waals surface area contributed by atoms with Crippen molar-refractivity contribution in [1.82, 2.24) is 0 Å². The number of hydrogen-bond acceptors (Lipinski definition) is 9.